The lowest BCUT2D eigenvalue weighted by atomic mass is 9.83. The Labute approximate surface area is 87.6 Å². The molecule has 3 heteroatoms. The second-order valence-electron chi connectivity index (χ2n) is 3.85. The molecule has 0 heterocycles. The quantitative estimate of drug-likeness (QED) is 0.771. The first-order chi connectivity index (χ1) is 5.74. The van der Waals surface area contributed by atoms with E-state index in [1.165, 1.54) is 25.7 Å². The van der Waals surface area contributed by atoms with Crippen molar-refractivity contribution in [1.29, 1.82) is 0 Å². The van der Waals surface area contributed by atoms with Gasteiger partial charge in [-0.15, -0.1) is 12.4 Å². The van der Waals surface area contributed by atoms with Crippen LogP contribution in [0.25, 0.3) is 0 Å². The molecule has 0 aromatic heterocycles. The Balaban J connectivity index is 0.00000144. The molecule has 0 amide bonds. The summed E-state index contributed by atoms with van der Waals surface area (Å²) in [6, 6.07) is 0.368. The number of hydrogen-bond donors (Lipinski definition) is 1. The molecule has 13 heavy (non-hydrogen) atoms. The van der Waals surface area contributed by atoms with Crippen LogP contribution in [-0.4, -0.2) is 18.8 Å². The molecule has 1 aliphatic carbocycles. The van der Waals surface area contributed by atoms with Gasteiger partial charge in [0.1, 0.15) is 0 Å². The summed E-state index contributed by atoms with van der Waals surface area (Å²) in [7, 11) is 0. The summed E-state index contributed by atoms with van der Waals surface area (Å²) >= 11 is 0. The van der Waals surface area contributed by atoms with E-state index in [0.29, 0.717) is 12.1 Å². The lowest BCUT2D eigenvalue weighted by Crippen LogP contribution is -2.32. The zero-order valence-electron chi connectivity index (χ0n) is 8.66. The van der Waals surface area contributed by atoms with Gasteiger partial charge in [0.15, 0.2) is 0 Å². The maximum absolute atomic E-state index is 5.85. The van der Waals surface area contributed by atoms with Gasteiger partial charge in [0.25, 0.3) is 0 Å². The van der Waals surface area contributed by atoms with Crippen molar-refractivity contribution in [2.24, 2.45) is 11.7 Å². The molecule has 1 unspecified atom stereocenters. The second-order valence-corrected chi connectivity index (χ2v) is 3.85. The van der Waals surface area contributed by atoms with Gasteiger partial charge >= 0.3 is 0 Å². The normalized spacial score (nSPS) is 30.7. The smallest absolute Gasteiger partial charge is 0.0575 e. The highest BCUT2D eigenvalue weighted by molar-refractivity contribution is 5.85. The summed E-state index contributed by atoms with van der Waals surface area (Å²) in [6.45, 7) is 5.04. The molecule has 0 aliphatic heterocycles. The standard InChI is InChI=1S/C10H21NO.ClH/c1-3-12-10-6-4-9(5-7-10)8(2)11;/h8-10H,3-7,11H2,1-2H3;1H. The highest BCUT2D eigenvalue weighted by atomic mass is 35.5. The van der Waals surface area contributed by atoms with Gasteiger partial charge in [0.05, 0.1) is 6.10 Å². The molecule has 0 radical (unpaired) electrons. The predicted molar refractivity (Wildman–Crippen MR) is 58.3 cm³/mol. The summed E-state index contributed by atoms with van der Waals surface area (Å²) in [5.74, 6) is 0.738. The Bertz CT molecular complexity index is 122. The van der Waals surface area contributed by atoms with E-state index in [9.17, 15) is 0 Å². The van der Waals surface area contributed by atoms with Crippen LogP contribution in [0.15, 0.2) is 0 Å². The van der Waals surface area contributed by atoms with Crippen molar-refractivity contribution >= 4 is 12.4 Å². The van der Waals surface area contributed by atoms with Gasteiger partial charge in [-0.3, -0.25) is 0 Å². The fourth-order valence-electron chi connectivity index (χ4n) is 2.02. The fraction of sp³-hybridized carbons (Fsp3) is 1.00. The van der Waals surface area contributed by atoms with Crippen molar-refractivity contribution in [1.82, 2.24) is 0 Å². The minimum absolute atomic E-state index is 0. The van der Waals surface area contributed by atoms with Gasteiger partial charge in [0, 0.05) is 12.6 Å². The maximum Gasteiger partial charge on any atom is 0.0575 e. The molecule has 1 atom stereocenters. The first-order valence-electron chi connectivity index (χ1n) is 5.11. The zero-order valence-corrected chi connectivity index (χ0v) is 9.48. The molecule has 1 saturated carbocycles. The van der Waals surface area contributed by atoms with E-state index >= 15 is 0 Å². The first-order valence-corrected chi connectivity index (χ1v) is 5.11. The molecule has 0 aromatic carbocycles. The monoisotopic (exact) mass is 207 g/mol. The number of nitrogens with two attached hydrogens (primary N) is 1. The Morgan fingerprint density at radius 2 is 1.85 bits per heavy atom. The molecule has 0 bridgehead atoms. The second kappa shape index (κ2) is 6.63. The Morgan fingerprint density at radius 1 is 1.31 bits per heavy atom. The molecule has 0 aromatic rings. The Morgan fingerprint density at radius 3 is 2.23 bits per heavy atom. The number of rotatable bonds is 3. The summed E-state index contributed by atoms with van der Waals surface area (Å²) in [5, 5.41) is 0. The molecule has 2 nitrogen and oxygen atoms in total. The average Bonchev–Trinajstić information content (AvgIpc) is 2.06. The third kappa shape index (κ3) is 4.30. The molecule has 2 N–H and O–H groups in total. The minimum Gasteiger partial charge on any atom is -0.379 e. The fourth-order valence-corrected chi connectivity index (χ4v) is 2.02. The third-order valence-electron chi connectivity index (χ3n) is 2.86. The Kier molecular flexibility index (Phi) is 6.74. The van der Waals surface area contributed by atoms with Crippen LogP contribution in [0.3, 0.4) is 0 Å². The van der Waals surface area contributed by atoms with Gasteiger partial charge in [-0.05, 0) is 45.4 Å². The number of halogens is 1. The average molecular weight is 208 g/mol. The largest absolute Gasteiger partial charge is 0.379 e. The van der Waals surface area contributed by atoms with Gasteiger partial charge in [-0.1, -0.05) is 0 Å². The highest BCUT2D eigenvalue weighted by Crippen LogP contribution is 2.27. The van der Waals surface area contributed by atoms with Crippen LogP contribution in [0.2, 0.25) is 0 Å². The lowest BCUT2D eigenvalue weighted by Gasteiger charge is -2.30. The van der Waals surface area contributed by atoms with E-state index in [4.69, 9.17) is 10.5 Å². The molecule has 1 rings (SSSR count). The molecule has 0 saturated heterocycles. The topological polar surface area (TPSA) is 35.2 Å². The third-order valence-corrected chi connectivity index (χ3v) is 2.86. The first kappa shape index (κ1) is 13.2. The Hall–Kier alpha value is 0.210. The lowest BCUT2D eigenvalue weighted by molar-refractivity contribution is 0.0235. The van der Waals surface area contributed by atoms with E-state index in [0.717, 1.165) is 12.5 Å². The number of ether oxygens (including phenoxy) is 1. The van der Waals surface area contributed by atoms with Crippen LogP contribution >= 0.6 is 12.4 Å². The summed E-state index contributed by atoms with van der Waals surface area (Å²) < 4.78 is 5.57. The highest BCUT2D eigenvalue weighted by Gasteiger charge is 2.23. The van der Waals surface area contributed by atoms with Gasteiger partial charge in [0.2, 0.25) is 0 Å². The van der Waals surface area contributed by atoms with Crippen LogP contribution in [0.1, 0.15) is 39.5 Å². The van der Waals surface area contributed by atoms with Crippen LogP contribution < -0.4 is 5.73 Å². The van der Waals surface area contributed by atoms with Gasteiger partial charge in [-0.25, -0.2) is 0 Å². The molecular formula is C10H22ClNO. The van der Waals surface area contributed by atoms with Gasteiger partial charge < -0.3 is 10.5 Å². The van der Waals surface area contributed by atoms with Crippen LogP contribution in [0, 0.1) is 5.92 Å². The molecular weight excluding hydrogens is 186 g/mol. The van der Waals surface area contributed by atoms with E-state index < -0.39 is 0 Å². The van der Waals surface area contributed by atoms with Crippen LogP contribution in [0.4, 0.5) is 0 Å². The maximum atomic E-state index is 5.85. The van der Waals surface area contributed by atoms with Crippen LogP contribution in [0.5, 0.6) is 0 Å². The van der Waals surface area contributed by atoms with E-state index in [-0.39, 0.29) is 12.4 Å². The minimum atomic E-state index is 0. The van der Waals surface area contributed by atoms with Crippen molar-refractivity contribution in [3.63, 3.8) is 0 Å². The van der Waals surface area contributed by atoms with Crippen molar-refractivity contribution in [2.45, 2.75) is 51.7 Å². The van der Waals surface area contributed by atoms with Crippen molar-refractivity contribution in [3.05, 3.63) is 0 Å². The van der Waals surface area contributed by atoms with E-state index in [1.54, 1.807) is 0 Å². The number of hydrogen-bond acceptors (Lipinski definition) is 2. The van der Waals surface area contributed by atoms with Crippen LogP contribution in [-0.2, 0) is 4.74 Å². The molecule has 1 fully saturated rings. The van der Waals surface area contributed by atoms with Gasteiger partial charge in [-0.2, -0.15) is 0 Å². The van der Waals surface area contributed by atoms with E-state index in [2.05, 4.69) is 13.8 Å². The van der Waals surface area contributed by atoms with Crippen molar-refractivity contribution in [3.8, 4) is 0 Å². The molecule has 80 valence electrons. The molecule has 1 aliphatic rings. The van der Waals surface area contributed by atoms with Crippen molar-refractivity contribution < 1.29 is 4.74 Å². The summed E-state index contributed by atoms with van der Waals surface area (Å²) in [4.78, 5) is 0. The zero-order chi connectivity index (χ0) is 8.97. The summed E-state index contributed by atoms with van der Waals surface area (Å²) in [5.41, 5.74) is 5.85. The molecule has 0 spiro atoms. The van der Waals surface area contributed by atoms with Crippen molar-refractivity contribution in [2.75, 3.05) is 6.61 Å². The summed E-state index contributed by atoms with van der Waals surface area (Å²) in [6.07, 6.45) is 5.44. The van der Waals surface area contributed by atoms with E-state index in [1.807, 2.05) is 0 Å². The predicted octanol–water partition coefficient (Wildman–Crippen LogP) is 2.35. The SMILES string of the molecule is CCOC1CCC(C(C)N)CC1.Cl.